The zero-order chi connectivity index (χ0) is 18.4. The van der Waals surface area contributed by atoms with E-state index in [1.165, 1.54) is 49.3 Å². The van der Waals surface area contributed by atoms with Crippen LogP contribution < -0.4 is 15.9 Å². The molecular formula is C26H23P. The molecule has 0 saturated heterocycles. The molecule has 0 N–H and O–H groups in total. The summed E-state index contributed by atoms with van der Waals surface area (Å²) in [5, 5.41) is 4.50. The van der Waals surface area contributed by atoms with Crippen molar-refractivity contribution in [2.45, 2.75) is 26.7 Å². The monoisotopic (exact) mass is 366 g/mol. The Morgan fingerprint density at radius 2 is 1.11 bits per heavy atom. The lowest BCUT2D eigenvalue weighted by atomic mass is 10.1. The molecule has 0 amide bonds. The Morgan fingerprint density at radius 1 is 0.593 bits per heavy atom. The van der Waals surface area contributed by atoms with Crippen LogP contribution in [-0.4, -0.2) is 0 Å². The average molecular weight is 366 g/mol. The Kier molecular flexibility index (Phi) is 4.10. The lowest BCUT2D eigenvalue weighted by Gasteiger charge is -2.24. The van der Waals surface area contributed by atoms with E-state index in [4.69, 9.17) is 0 Å². The summed E-state index contributed by atoms with van der Waals surface area (Å²) < 4.78 is 0. The SMILES string of the molecule is CC1=Cc2cccc(P(c3ccccc3)c3cccc4c3CC(C)=C4)c2C1. The summed E-state index contributed by atoms with van der Waals surface area (Å²) in [6, 6.07) is 24.9. The molecule has 0 bridgehead atoms. The van der Waals surface area contributed by atoms with Crippen molar-refractivity contribution in [2.24, 2.45) is 0 Å². The minimum absolute atomic E-state index is 0.556. The minimum atomic E-state index is -0.556. The Labute approximate surface area is 163 Å². The number of rotatable bonds is 3. The van der Waals surface area contributed by atoms with Crippen molar-refractivity contribution in [2.75, 3.05) is 0 Å². The van der Waals surface area contributed by atoms with E-state index in [0.717, 1.165) is 12.8 Å². The molecule has 0 heterocycles. The van der Waals surface area contributed by atoms with Gasteiger partial charge in [-0.25, -0.2) is 0 Å². The van der Waals surface area contributed by atoms with E-state index in [2.05, 4.69) is 92.7 Å². The highest BCUT2D eigenvalue weighted by Crippen LogP contribution is 2.40. The molecule has 132 valence electrons. The molecule has 0 fully saturated rings. The maximum absolute atomic E-state index is 2.37. The molecule has 0 aromatic heterocycles. The maximum Gasteiger partial charge on any atom is -0.00540 e. The molecule has 27 heavy (non-hydrogen) atoms. The molecular weight excluding hydrogens is 343 g/mol. The van der Waals surface area contributed by atoms with Crippen LogP contribution in [0.3, 0.4) is 0 Å². The van der Waals surface area contributed by atoms with Gasteiger partial charge in [0.15, 0.2) is 0 Å². The summed E-state index contributed by atoms with van der Waals surface area (Å²) in [5.41, 5.74) is 8.83. The molecule has 3 aromatic carbocycles. The van der Waals surface area contributed by atoms with Crippen LogP contribution in [0.5, 0.6) is 0 Å². The predicted molar refractivity (Wildman–Crippen MR) is 120 cm³/mol. The summed E-state index contributed by atoms with van der Waals surface area (Å²) >= 11 is 0. The first kappa shape index (κ1) is 16.7. The number of hydrogen-bond acceptors (Lipinski definition) is 0. The first-order valence-electron chi connectivity index (χ1n) is 9.64. The van der Waals surface area contributed by atoms with Crippen LogP contribution in [0.1, 0.15) is 36.1 Å². The smallest absolute Gasteiger partial charge is 0.00540 e. The third-order valence-corrected chi connectivity index (χ3v) is 8.20. The Hall–Kier alpha value is -2.43. The molecule has 0 atom stereocenters. The number of allylic oxidation sites excluding steroid dienone is 2. The fourth-order valence-corrected chi connectivity index (χ4v) is 7.15. The second kappa shape index (κ2) is 6.63. The highest BCUT2D eigenvalue weighted by molar-refractivity contribution is 7.80. The minimum Gasteiger partial charge on any atom is -0.0683 e. The van der Waals surface area contributed by atoms with Crippen molar-refractivity contribution in [3.63, 3.8) is 0 Å². The van der Waals surface area contributed by atoms with Gasteiger partial charge in [0.25, 0.3) is 0 Å². The van der Waals surface area contributed by atoms with Crippen LogP contribution in [0.4, 0.5) is 0 Å². The van der Waals surface area contributed by atoms with Gasteiger partial charge in [-0.2, -0.15) is 0 Å². The van der Waals surface area contributed by atoms with Crippen molar-refractivity contribution in [1.82, 2.24) is 0 Å². The molecule has 2 aliphatic carbocycles. The Balaban J connectivity index is 1.73. The molecule has 0 unspecified atom stereocenters. The second-order valence-electron chi connectivity index (χ2n) is 7.70. The van der Waals surface area contributed by atoms with Crippen LogP contribution in [0, 0.1) is 0 Å². The van der Waals surface area contributed by atoms with E-state index in [0.29, 0.717) is 0 Å². The summed E-state index contributed by atoms with van der Waals surface area (Å²) in [7, 11) is -0.556. The third kappa shape index (κ3) is 2.89. The van der Waals surface area contributed by atoms with Crippen LogP contribution in [-0.2, 0) is 12.8 Å². The van der Waals surface area contributed by atoms with E-state index in [9.17, 15) is 0 Å². The zero-order valence-corrected chi connectivity index (χ0v) is 16.8. The van der Waals surface area contributed by atoms with Crippen molar-refractivity contribution < 1.29 is 0 Å². The normalized spacial score (nSPS) is 14.8. The maximum atomic E-state index is 2.37. The molecule has 0 spiro atoms. The van der Waals surface area contributed by atoms with Gasteiger partial charge in [-0.15, -0.1) is 0 Å². The van der Waals surface area contributed by atoms with Gasteiger partial charge in [0.05, 0.1) is 0 Å². The van der Waals surface area contributed by atoms with Crippen LogP contribution in [0.25, 0.3) is 12.2 Å². The summed E-state index contributed by atoms with van der Waals surface area (Å²) in [6.07, 6.45) is 6.89. The number of hydrogen-bond donors (Lipinski definition) is 0. The van der Waals surface area contributed by atoms with E-state index in [1.807, 2.05) is 0 Å². The van der Waals surface area contributed by atoms with Gasteiger partial charge in [-0.05, 0) is 72.8 Å². The quantitative estimate of drug-likeness (QED) is 0.547. The van der Waals surface area contributed by atoms with Crippen molar-refractivity contribution in [3.05, 3.63) is 100 Å². The van der Waals surface area contributed by atoms with Gasteiger partial charge >= 0.3 is 0 Å². The van der Waals surface area contributed by atoms with Crippen molar-refractivity contribution in [3.8, 4) is 0 Å². The fraction of sp³-hybridized carbons (Fsp3) is 0.154. The van der Waals surface area contributed by atoms with E-state index >= 15 is 0 Å². The van der Waals surface area contributed by atoms with Gasteiger partial charge in [0, 0.05) is 0 Å². The Bertz CT molecular complexity index is 1020. The molecule has 0 aliphatic heterocycles. The molecule has 2 aliphatic rings. The second-order valence-corrected chi connectivity index (χ2v) is 9.85. The molecule has 0 radical (unpaired) electrons. The van der Waals surface area contributed by atoms with Gasteiger partial charge in [-0.3, -0.25) is 0 Å². The van der Waals surface area contributed by atoms with Gasteiger partial charge in [-0.1, -0.05) is 90.0 Å². The van der Waals surface area contributed by atoms with Crippen LogP contribution >= 0.6 is 7.92 Å². The van der Waals surface area contributed by atoms with E-state index < -0.39 is 7.92 Å². The first-order valence-corrected chi connectivity index (χ1v) is 11.0. The van der Waals surface area contributed by atoms with E-state index in [-0.39, 0.29) is 0 Å². The molecule has 0 saturated carbocycles. The standard InChI is InChI=1S/C26H23P/c1-18-14-20-8-6-12-25(23(20)16-18)27(22-10-4-3-5-11-22)26-13-7-9-21-15-19(2)17-24(21)26/h3-15H,16-17H2,1-2H3. The Morgan fingerprint density at radius 3 is 1.63 bits per heavy atom. The highest BCUT2D eigenvalue weighted by Gasteiger charge is 2.26. The first-order chi connectivity index (χ1) is 13.2. The molecule has 5 rings (SSSR count). The summed E-state index contributed by atoms with van der Waals surface area (Å²) in [5.74, 6) is 0. The van der Waals surface area contributed by atoms with E-state index in [1.54, 1.807) is 0 Å². The van der Waals surface area contributed by atoms with Gasteiger partial charge in [0.1, 0.15) is 0 Å². The predicted octanol–water partition coefficient (Wildman–Crippen LogP) is 5.36. The molecule has 3 aromatic rings. The molecule has 0 nitrogen and oxygen atoms in total. The van der Waals surface area contributed by atoms with Gasteiger partial charge in [0.2, 0.25) is 0 Å². The topological polar surface area (TPSA) is 0 Å². The fourth-order valence-electron chi connectivity index (χ4n) is 4.43. The van der Waals surface area contributed by atoms with Crippen molar-refractivity contribution in [1.29, 1.82) is 0 Å². The zero-order valence-electron chi connectivity index (χ0n) is 15.9. The number of benzene rings is 3. The van der Waals surface area contributed by atoms with Gasteiger partial charge < -0.3 is 0 Å². The van der Waals surface area contributed by atoms with Crippen LogP contribution in [0.15, 0.2) is 77.9 Å². The highest BCUT2D eigenvalue weighted by atomic mass is 31.1. The molecule has 1 heteroatoms. The summed E-state index contributed by atoms with van der Waals surface area (Å²) in [4.78, 5) is 0. The lowest BCUT2D eigenvalue weighted by Crippen LogP contribution is -2.26. The van der Waals surface area contributed by atoms with Crippen molar-refractivity contribution >= 4 is 36.0 Å². The third-order valence-electron chi connectivity index (χ3n) is 5.59. The van der Waals surface area contributed by atoms with Crippen LogP contribution in [0.2, 0.25) is 0 Å². The summed E-state index contributed by atoms with van der Waals surface area (Å²) in [6.45, 7) is 4.50. The lowest BCUT2D eigenvalue weighted by molar-refractivity contribution is 1.20. The largest absolute Gasteiger partial charge is 0.0683 e. The average Bonchev–Trinajstić information content (AvgIpc) is 3.24. The number of fused-ring (bicyclic) bond motifs is 2.